The maximum Gasteiger partial charge on any atom is 0.338 e. The van der Waals surface area contributed by atoms with E-state index in [1.54, 1.807) is 74.5 Å². The van der Waals surface area contributed by atoms with Crippen LogP contribution in [0.2, 0.25) is 15.1 Å². The van der Waals surface area contributed by atoms with Crippen LogP contribution in [0, 0.1) is 0 Å². The lowest BCUT2D eigenvalue weighted by Crippen LogP contribution is -2.40. The fourth-order valence-electron chi connectivity index (χ4n) is 4.18. The van der Waals surface area contributed by atoms with E-state index in [1.165, 1.54) is 15.9 Å². The number of ether oxygens (including phenoxy) is 1. The molecule has 5 rings (SSSR count). The number of halogens is 3. The summed E-state index contributed by atoms with van der Waals surface area (Å²) >= 11 is 20.2. The fourth-order valence-corrected chi connectivity index (χ4v) is 5.84. The molecule has 0 amide bonds. The van der Waals surface area contributed by atoms with Crippen LogP contribution in [0.5, 0.6) is 0 Å². The number of thiazole rings is 1. The highest BCUT2D eigenvalue weighted by molar-refractivity contribution is 7.07. The van der Waals surface area contributed by atoms with Crippen molar-refractivity contribution in [3.8, 4) is 11.3 Å². The zero-order valence-electron chi connectivity index (χ0n) is 19.6. The van der Waals surface area contributed by atoms with Gasteiger partial charge in [-0.3, -0.25) is 9.36 Å². The van der Waals surface area contributed by atoms with Gasteiger partial charge in [-0.1, -0.05) is 70.4 Å². The first-order chi connectivity index (χ1) is 17.8. The molecule has 0 saturated carbocycles. The normalized spacial score (nSPS) is 15.5. The number of esters is 1. The number of carbonyl (C=O) groups excluding carboxylic acids is 1. The van der Waals surface area contributed by atoms with Crippen molar-refractivity contribution >= 4 is 58.2 Å². The predicted octanol–water partition coefficient (Wildman–Crippen LogP) is 6.02. The van der Waals surface area contributed by atoms with Gasteiger partial charge < -0.3 is 9.15 Å². The van der Waals surface area contributed by atoms with E-state index < -0.39 is 12.0 Å². The predicted molar refractivity (Wildman–Crippen MR) is 146 cm³/mol. The number of benzene rings is 2. The van der Waals surface area contributed by atoms with Gasteiger partial charge in [-0.2, -0.15) is 0 Å². The minimum Gasteiger partial charge on any atom is -0.463 e. The molecule has 1 aliphatic heterocycles. The Hall–Kier alpha value is -3.10. The number of rotatable bonds is 5. The van der Waals surface area contributed by atoms with E-state index in [2.05, 4.69) is 4.99 Å². The van der Waals surface area contributed by atoms with Crippen LogP contribution >= 0.6 is 46.1 Å². The highest BCUT2D eigenvalue weighted by atomic mass is 35.5. The van der Waals surface area contributed by atoms with Crippen LogP contribution in [-0.4, -0.2) is 17.1 Å². The standard InChI is InChI=1S/C27H19Cl3N2O4S/c1-3-35-26(34)22-14(2)31-27-32(24(22)16-7-4-5-9-18(16)28)25(33)21(37-27)13-15-11-12-20(36-15)17-8-6-10-19(29)23(17)30/h4-13,24H,3H2,1-2H3/b21-13-/t24-/m1/s1. The van der Waals surface area contributed by atoms with Crippen molar-refractivity contribution in [1.29, 1.82) is 0 Å². The summed E-state index contributed by atoms with van der Waals surface area (Å²) in [5.41, 5.74) is 1.65. The molecule has 0 N–H and O–H groups in total. The third-order valence-corrected chi connectivity index (χ3v) is 7.98. The summed E-state index contributed by atoms with van der Waals surface area (Å²) in [6, 6.07) is 15.1. The lowest BCUT2D eigenvalue weighted by molar-refractivity contribution is -0.139. The molecule has 0 spiro atoms. The molecule has 4 aromatic rings. The number of hydrogen-bond donors (Lipinski definition) is 0. The topological polar surface area (TPSA) is 73.8 Å². The van der Waals surface area contributed by atoms with Gasteiger partial charge in [0.1, 0.15) is 17.6 Å². The molecule has 1 atom stereocenters. The zero-order chi connectivity index (χ0) is 26.3. The average molecular weight is 574 g/mol. The molecule has 2 aromatic heterocycles. The minimum atomic E-state index is -0.788. The Morgan fingerprint density at radius 1 is 1.11 bits per heavy atom. The molecular weight excluding hydrogens is 555 g/mol. The second-order valence-corrected chi connectivity index (χ2v) is 10.3. The lowest BCUT2D eigenvalue weighted by Gasteiger charge is -2.25. The first-order valence-corrected chi connectivity index (χ1v) is 13.2. The van der Waals surface area contributed by atoms with Gasteiger partial charge >= 0.3 is 5.97 Å². The van der Waals surface area contributed by atoms with Crippen molar-refractivity contribution in [2.45, 2.75) is 19.9 Å². The fraction of sp³-hybridized carbons (Fsp3) is 0.148. The van der Waals surface area contributed by atoms with E-state index in [0.29, 0.717) is 52.7 Å². The molecule has 0 aliphatic carbocycles. The van der Waals surface area contributed by atoms with E-state index in [1.807, 2.05) is 0 Å². The van der Waals surface area contributed by atoms with Gasteiger partial charge in [0, 0.05) is 16.7 Å². The Bertz CT molecular complexity index is 1750. The summed E-state index contributed by atoms with van der Waals surface area (Å²) in [7, 11) is 0. The summed E-state index contributed by atoms with van der Waals surface area (Å²) in [4.78, 5) is 31.7. The molecule has 3 heterocycles. The quantitative estimate of drug-likeness (QED) is 0.274. The van der Waals surface area contributed by atoms with Crippen molar-refractivity contribution in [2.24, 2.45) is 4.99 Å². The Kier molecular flexibility index (Phi) is 7.14. The molecule has 0 unspecified atom stereocenters. The highest BCUT2D eigenvalue weighted by Crippen LogP contribution is 2.35. The number of nitrogens with zero attached hydrogens (tertiary/aromatic N) is 2. The van der Waals surface area contributed by atoms with Crippen LogP contribution in [-0.2, 0) is 9.53 Å². The molecule has 0 saturated heterocycles. The number of aromatic nitrogens is 1. The van der Waals surface area contributed by atoms with Crippen LogP contribution in [0.3, 0.4) is 0 Å². The van der Waals surface area contributed by atoms with Crippen LogP contribution in [0.25, 0.3) is 17.4 Å². The van der Waals surface area contributed by atoms with E-state index in [-0.39, 0.29) is 17.7 Å². The van der Waals surface area contributed by atoms with Gasteiger partial charge in [-0.15, -0.1) is 0 Å². The molecule has 0 bridgehead atoms. The van der Waals surface area contributed by atoms with E-state index in [0.717, 1.165) is 0 Å². The van der Waals surface area contributed by atoms with Crippen molar-refractivity contribution in [2.75, 3.05) is 6.61 Å². The van der Waals surface area contributed by atoms with E-state index in [4.69, 9.17) is 44.0 Å². The lowest BCUT2D eigenvalue weighted by atomic mass is 9.96. The largest absolute Gasteiger partial charge is 0.463 e. The number of fused-ring (bicyclic) bond motifs is 1. The maximum absolute atomic E-state index is 13.7. The Morgan fingerprint density at radius 2 is 1.86 bits per heavy atom. The molecule has 188 valence electrons. The SMILES string of the molecule is CCOC(=O)C1=C(C)N=c2s/c(=C\c3ccc(-c4cccc(Cl)c4Cl)o3)c(=O)n2[C@@H]1c1ccccc1Cl. The van der Waals surface area contributed by atoms with Gasteiger partial charge in [0.15, 0.2) is 4.80 Å². The Morgan fingerprint density at radius 3 is 2.62 bits per heavy atom. The molecule has 0 fully saturated rings. The minimum absolute atomic E-state index is 0.187. The molecule has 10 heteroatoms. The first-order valence-electron chi connectivity index (χ1n) is 11.3. The van der Waals surface area contributed by atoms with Crippen LogP contribution in [0.15, 0.2) is 80.1 Å². The average Bonchev–Trinajstić information content (AvgIpc) is 3.45. The first kappa shape index (κ1) is 25.5. The van der Waals surface area contributed by atoms with Gasteiger partial charge in [-0.25, -0.2) is 9.79 Å². The van der Waals surface area contributed by atoms with Crippen LogP contribution in [0.1, 0.15) is 31.2 Å². The third kappa shape index (κ3) is 4.68. The monoisotopic (exact) mass is 572 g/mol. The van der Waals surface area contributed by atoms with Crippen LogP contribution < -0.4 is 14.9 Å². The Labute approximate surface area is 230 Å². The van der Waals surface area contributed by atoms with E-state index >= 15 is 0 Å². The van der Waals surface area contributed by atoms with Crippen molar-refractivity contribution in [1.82, 2.24) is 4.57 Å². The second-order valence-electron chi connectivity index (χ2n) is 8.13. The summed E-state index contributed by atoms with van der Waals surface area (Å²) in [6.45, 7) is 3.63. The molecule has 2 aromatic carbocycles. The molecule has 1 aliphatic rings. The number of carbonyl (C=O) groups is 1. The second kappa shape index (κ2) is 10.3. The van der Waals surface area contributed by atoms with Crippen molar-refractivity contribution in [3.63, 3.8) is 0 Å². The summed E-state index contributed by atoms with van der Waals surface area (Å²) in [6.07, 6.45) is 1.64. The summed E-state index contributed by atoms with van der Waals surface area (Å²) in [5.74, 6) is 0.421. The molecule has 37 heavy (non-hydrogen) atoms. The van der Waals surface area contributed by atoms with Gasteiger partial charge in [0.25, 0.3) is 5.56 Å². The highest BCUT2D eigenvalue weighted by Gasteiger charge is 2.34. The number of allylic oxidation sites excluding steroid dienone is 1. The van der Waals surface area contributed by atoms with Gasteiger partial charge in [-0.05, 0) is 49.7 Å². The molecular formula is C27H19Cl3N2O4S. The Balaban J connectivity index is 1.66. The van der Waals surface area contributed by atoms with Crippen LogP contribution in [0.4, 0.5) is 0 Å². The smallest absolute Gasteiger partial charge is 0.338 e. The summed E-state index contributed by atoms with van der Waals surface area (Å²) < 4.78 is 13.1. The van der Waals surface area contributed by atoms with Gasteiger partial charge in [0.05, 0.1) is 32.5 Å². The number of hydrogen-bond acceptors (Lipinski definition) is 6. The van der Waals surface area contributed by atoms with Gasteiger partial charge in [0.2, 0.25) is 0 Å². The zero-order valence-corrected chi connectivity index (χ0v) is 22.7. The van der Waals surface area contributed by atoms with E-state index in [9.17, 15) is 9.59 Å². The van der Waals surface area contributed by atoms with Crippen molar-refractivity contribution < 1.29 is 13.9 Å². The maximum atomic E-state index is 13.7. The summed E-state index contributed by atoms with van der Waals surface area (Å²) in [5, 5.41) is 1.22. The molecule has 6 nitrogen and oxygen atoms in total. The van der Waals surface area contributed by atoms with Crippen molar-refractivity contribution in [3.05, 3.63) is 112 Å². The number of furan rings is 1. The third-order valence-electron chi connectivity index (χ3n) is 5.83. The molecule has 0 radical (unpaired) electrons.